The first kappa shape index (κ1) is 8.58. The van der Waals surface area contributed by atoms with Crippen molar-refractivity contribution in [3.8, 4) is 0 Å². The van der Waals surface area contributed by atoms with Crippen LogP contribution in [0.5, 0.6) is 0 Å². The van der Waals surface area contributed by atoms with E-state index in [2.05, 4.69) is 10.4 Å². The van der Waals surface area contributed by atoms with Crippen molar-refractivity contribution in [2.75, 3.05) is 5.32 Å². The molecule has 0 atom stereocenters. The second kappa shape index (κ2) is 3.25. The minimum absolute atomic E-state index is 0.558. The third-order valence-corrected chi connectivity index (χ3v) is 1.50. The van der Waals surface area contributed by atoms with Crippen molar-refractivity contribution in [2.24, 2.45) is 12.8 Å². The van der Waals surface area contributed by atoms with E-state index < -0.39 is 6.03 Å². The molecule has 1 heterocycles. The lowest BCUT2D eigenvalue weighted by molar-refractivity contribution is 0.259. The van der Waals surface area contributed by atoms with Crippen molar-refractivity contribution in [3.63, 3.8) is 0 Å². The number of nitrogens with two attached hydrogens (primary N) is 1. The van der Waals surface area contributed by atoms with Crippen LogP contribution in [0, 0.1) is 0 Å². The molecule has 0 aliphatic rings. The minimum atomic E-state index is -0.558. The molecule has 1 rings (SSSR count). The van der Waals surface area contributed by atoms with Gasteiger partial charge in [-0.3, -0.25) is 4.68 Å². The van der Waals surface area contributed by atoms with Gasteiger partial charge in [0.25, 0.3) is 0 Å². The van der Waals surface area contributed by atoms with Gasteiger partial charge in [0, 0.05) is 13.2 Å². The molecule has 12 heavy (non-hydrogen) atoms. The van der Waals surface area contributed by atoms with E-state index in [1.165, 1.54) is 0 Å². The number of hydrogen-bond donors (Lipinski definition) is 2. The zero-order chi connectivity index (χ0) is 9.14. The Morgan fingerprint density at radius 2 is 2.50 bits per heavy atom. The van der Waals surface area contributed by atoms with Crippen LogP contribution in [-0.4, -0.2) is 15.8 Å². The first-order chi connectivity index (χ1) is 5.63. The Morgan fingerprint density at radius 3 is 3.00 bits per heavy atom. The number of urea groups is 1. The summed E-state index contributed by atoms with van der Waals surface area (Å²) in [6.45, 7) is 1.97. The average Bonchev–Trinajstić information content (AvgIpc) is 2.29. The molecule has 1 aromatic rings. The highest BCUT2D eigenvalue weighted by Gasteiger charge is 2.06. The van der Waals surface area contributed by atoms with Crippen molar-refractivity contribution in [1.82, 2.24) is 9.78 Å². The molecular formula is C7H12N4O. The van der Waals surface area contributed by atoms with Crippen molar-refractivity contribution < 1.29 is 4.79 Å². The van der Waals surface area contributed by atoms with Crippen LogP contribution in [0.2, 0.25) is 0 Å². The zero-order valence-corrected chi connectivity index (χ0v) is 7.16. The van der Waals surface area contributed by atoms with Crippen LogP contribution in [-0.2, 0) is 13.5 Å². The molecule has 0 fully saturated rings. The Balaban J connectivity index is 2.89. The predicted octanol–water partition coefficient (Wildman–Crippen LogP) is 0.473. The van der Waals surface area contributed by atoms with E-state index >= 15 is 0 Å². The highest BCUT2D eigenvalue weighted by Crippen LogP contribution is 2.12. The van der Waals surface area contributed by atoms with Gasteiger partial charge in [0.2, 0.25) is 0 Å². The molecule has 0 aliphatic carbocycles. The third-order valence-electron chi connectivity index (χ3n) is 1.50. The van der Waals surface area contributed by atoms with E-state index in [1.807, 2.05) is 6.92 Å². The quantitative estimate of drug-likeness (QED) is 0.673. The van der Waals surface area contributed by atoms with Gasteiger partial charge in [-0.15, -0.1) is 0 Å². The molecule has 0 spiro atoms. The van der Waals surface area contributed by atoms with E-state index in [-0.39, 0.29) is 0 Å². The molecule has 1 aromatic heterocycles. The minimum Gasteiger partial charge on any atom is -0.351 e. The second-order valence-electron chi connectivity index (χ2n) is 2.51. The van der Waals surface area contributed by atoms with E-state index in [9.17, 15) is 4.79 Å². The Morgan fingerprint density at radius 1 is 1.83 bits per heavy atom. The average molecular weight is 168 g/mol. The molecule has 2 amide bonds. The zero-order valence-electron chi connectivity index (χ0n) is 7.16. The molecule has 5 nitrogen and oxygen atoms in total. The summed E-state index contributed by atoms with van der Waals surface area (Å²) in [4.78, 5) is 10.5. The number of nitrogens with one attached hydrogen (secondary N) is 1. The van der Waals surface area contributed by atoms with Gasteiger partial charge in [-0.1, -0.05) is 6.92 Å². The van der Waals surface area contributed by atoms with Crippen LogP contribution in [0.4, 0.5) is 10.5 Å². The second-order valence-corrected chi connectivity index (χ2v) is 2.51. The monoisotopic (exact) mass is 168 g/mol. The van der Waals surface area contributed by atoms with Crippen LogP contribution >= 0.6 is 0 Å². The molecule has 0 aromatic carbocycles. The smallest absolute Gasteiger partial charge is 0.316 e. The Kier molecular flexibility index (Phi) is 2.32. The number of aromatic nitrogens is 2. The lowest BCUT2D eigenvalue weighted by Crippen LogP contribution is -2.19. The number of carbonyl (C=O) groups is 1. The summed E-state index contributed by atoms with van der Waals surface area (Å²) < 4.78 is 1.64. The lowest BCUT2D eigenvalue weighted by Gasteiger charge is -1.97. The Labute approximate surface area is 70.5 Å². The summed E-state index contributed by atoms with van der Waals surface area (Å²) in [7, 11) is 1.80. The van der Waals surface area contributed by atoms with Crippen molar-refractivity contribution in [1.29, 1.82) is 0 Å². The summed E-state index contributed by atoms with van der Waals surface area (Å²) in [5.41, 5.74) is 6.50. The van der Waals surface area contributed by atoms with E-state index in [0.29, 0.717) is 5.69 Å². The maximum absolute atomic E-state index is 10.5. The largest absolute Gasteiger partial charge is 0.351 e. The fourth-order valence-electron chi connectivity index (χ4n) is 1.03. The third kappa shape index (κ3) is 1.75. The molecule has 3 N–H and O–H groups in total. The summed E-state index contributed by atoms with van der Waals surface area (Å²) in [6.07, 6.45) is 2.50. The van der Waals surface area contributed by atoms with Crippen LogP contribution in [0.3, 0.4) is 0 Å². The molecule has 0 radical (unpaired) electrons. The standard InChI is InChI=1S/C7H12N4O/c1-3-5-6(9-7(8)12)4-11(2)10-5/h4H,3H2,1-2H3,(H3,8,9,12). The SMILES string of the molecule is CCc1nn(C)cc1NC(N)=O. The number of nitrogens with zero attached hydrogens (tertiary/aromatic N) is 2. The molecule has 0 saturated carbocycles. The molecular weight excluding hydrogens is 156 g/mol. The van der Waals surface area contributed by atoms with Gasteiger partial charge in [-0.25, -0.2) is 4.79 Å². The highest BCUT2D eigenvalue weighted by molar-refractivity contribution is 5.88. The molecule has 0 aliphatic heterocycles. The molecule has 0 bridgehead atoms. The fraction of sp³-hybridized carbons (Fsp3) is 0.429. The number of rotatable bonds is 2. The van der Waals surface area contributed by atoms with Crippen molar-refractivity contribution >= 4 is 11.7 Å². The van der Waals surface area contributed by atoms with Crippen LogP contribution in [0.1, 0.15) is 12.6 Å². The first-order valence-electron chi connectivity index (χ1n) is 3.72. The van der Waals surface area contributed by atoms with Crippen molar-refractivity contribution in [2.45, 2.75) is 13.3 Å². The summed E-state index contributed by atoms with van der Waals surface area (Å²) in [6, 6.07) is -0.558. The molecule has 5 heteroatoms. The van der Waals surface area contributed by atoms with Gasteiger partial charge in [0.05, 0.1) is 11.4 Å². The molecule has 66 valence electrons. The van der Waals surface area contributed by atoms with E-state index in [4.69, 9.17) is 5.73 Å². The molecule has 0 unspecified atom stereocenters. The fourth-order valence-corrected chi connectivity index (χ4v) is 1.03. The number of primary amides is 1. The van der Waals surface area contributed by atoms with E-state index in [1.54, 1.807) is 17.9 Å². The maximum atomic E-state index is 10.5. The highest BCUT2D eigenvalue weighted by atomic mass is 16.2. The Hall–Kier alpha value is -1.52. The lowest BCUT2D eigenvalue weighted by atomic mass is 10.3. The van der Waals surface area contributed by atoms with Gasteiger partial charge in [0.15, 0.2) is 0 Å². The van der Waals surface area contributed by atoms with Crippen molar-refractivity contribution in [3.05, 3.63) is 11.9 Å². The van der Waals surface area contributed by atoms with Gasteiger partial charge in [-0.05, 0) is 6.42 Å². The summed E-state index contributed by atoms with van der Waals surface area (Å²) in [5, 5.41) is 6.63. The number of aryl methyl sites for hydroxylation is 2. The van der Waals surface area contributed by atoms with Gasteiger partial charge in [0.1, 0.15) is 0 Å². The van der Waals surface area contributed by atoms with Gasteiger partial charge >= 0.3 is 6.03 Å². The first-order valence-corrected chi connectivity index (χ1v) is 3.72. The maximum Gasteiger partial charge on any atom is 0.316 e. The predicted molar refractivity (Wildman–Crippen MR) is 45.8 cm³/mol. The van der Waals surface area contributed by atoms with E-state index in [0.717, 1.165) is 12.1 Å². The topological polar surface area (TPSA) is 72.9 Å². The van der Waals surface area contributed by atoms with Gasteiger partial charge < -0.3 is 11.1 Å². The summed E-state index contributed by atoms with van der Waals surface area (Å²) >= 11 is 0. The number of amides is 2. The van der Waals surface area contributed by atoms with Crippen LogP contribution in [0.25, 0.3) is 0 Å². The van der Waals surface area contributed by atoms with Crippen LogP contribution < -0.4 is 11.1 Å². The van der Waals surface area contributed by atoms with Gasteiger partial charge in [-0.2, -0.15) is 5.10 Å². The normalized spacial score (nSPS) is 9.83. The summed E-state index contributed by atoms with van der Waals surface area (Å²) in [5.74, 6) is 0. The number of anilines is 1. The number of carbonyl (C=O) groups excluding carboxylic acids is 1. The number of hydrogen-bond acceptors (Lipinski definition) is 2. The Bertz CT molecular complexity index is 292. The molecule has 0 saturated heterocycles. The van der Waals surface area contributed by atoms with Crippen LogP contribution in [0.15, 0.2) is 6.20 Å².